The van der Waals surface area contributed by atoms with Crippen molar-refractivity contribution in [2.24, 2.45) is 0 Å². The SMILES string of the molecule is N#Cc1ncc(Br)cc1S[C@H]1OC(CO)[C@H](O)[C@H](n2cc(-c3cc(F)c(Cl)c(F)c3)nn2)C1O. The van der Waals surface area contributed by atoms with Crippen LogP contribution in [0.5, 0.6) is 0 Å². The Morgan fingerprint density at radius 2 is 1.94 bits per heavy atom. The quantitative estimate of drug-likeness (QED) is 0.393. The van der Waals surface area contributed by atoms with Crippen LogP contribution in [-0.2, 0) is 4.74 Å². The van der Waals surface area contributed by atoms with Crippen LogP contribution in [-0.4, -0.2) is 65.7 Å². The number of ether oxygens (including phenoxy) is 1. The number of nitrogens with zero attached hydrogens (tertiary/aromatic N) is 5. The molecule has 178 valence electrons. The number of hydrogen-bond acceptors (Lipinski definition) is 9. The van der Waals surface area contributed by atoms with Gasteiger partial charge in [-0.1, -0.05) is 28.6 Å². The zero-order valence-electron chi connectivity index (χ0n) is 16.9. The Kier molecular flexibility index (Phi) is 7.48. The van der Waals surface area contributed by atoms with Crippen LogP contribution >= 0.6 is 39.3 Å². The van der Waals surface area contributed by atoms with E-state index in [4.69, 9.17) is 16.3 Å². The molecule has 0 radical (unpaired) electrons. The second-order valence-corrected chi connectivity index (χ2v) is 9.70. The molecule has 1 aliphatic heterocycles. The van der Waals surface area contributed by atoms with E-state index in [0.29, 0.717) is 9.37 Å². The summed E-state index contributed by atoms with van der Waals surface area (Å²) in [4.78, 5) is 4.41. The summed E-state index contributed by atoms with van der Waals surface area (Å²) in [5.41, 5.74) is -0.827. The minimum atomic E-state index is -1.40. The first-order valence-corrected chi connectivity index (χ1v) is 11.7. The fourth-order valence-electron chi connectivity index (χ4n) is 3.46. The number of halogens is 4. The van der Waals surface area contributed by atoms with Crippen LogP contribution in [0, 0.1) is 23.0 Å². The van der Waals surface area contributed by atoms with Crippen LogP contribution in [0.25, 0.3) is 11.3 Å². The summed E-state index contributed by atoms with van der Waals surface area (Å²) in [6.45, 7) is -0.571. The molecule has 0 saturated carbocycles. The van der Waals surface area contributed by atoms with Gasteiger partial charge >= 0.3 is 0 Å². The van der Waals surface area contributed by atoms with Crippen molar-refractivity contribution in [1.82, 2.24) is 20.0 Å². The Balaban J connectivity index is 1.66. The van der Waals surface area contributed by atoms with E-state index < -0.39 is 53.1 Å². The predicted octanol–water partition coefficient (Wildman–Crippen LogP) is 2.68. The van der Waals surface area contributed by atoms with E-state index in [1.54, 1.807) is 6.07 Å². The molecule has 2 aromatic heterocycles. The zero-order chi connectivity index (χ0) is 24.6. The molecule has 0 amide bonds. The Labute approximate surface area is 209 Å². The van der Waals surface area contributed by atoms with Gasteiger partial charge in [-0.3, -0.25) is 0 Å². The normalized spacial score (nSPS) is 24.7. The van der Waals surface area contributed by atoms with Gasteiger partial charge in [-0.05, 0) is 34.1 Å². The fraction of sp³-hybridized carbons (Fsp3) is 0.300. The number of aromatic nitrogens is 4. The van der Waals surface area contributed by atoms with Crippen molar-refractivity contribution in [3.8, 4) is 17.3 Å². The number of pyridine rings is 1. The summed E-state index contributed by atoms with van der Waals surface area (Å²) in [6, 6.07) is 4.40. The number of nitriles is 1. The van der Waals surface area contributed by atoms with E-state index in [1.165, 1.54) is 12.4 Å². The van der Waals surface area contributed by atoms with Gasteiger partial charge in [0.05, 0.1) is 12.8 Å². The maximum Gasteiger partial charge on any atom is 0.154 e. The summed E-state index contributed by atoms with van der Waals surface area (Å²) < 4.78 is 35.2. The van der Waals surface area contributed by atoms with Gasteiger partial charge in [0.15, 0.2) is 5.69 Å². The maximum atomic E-state index is 13.9. The van der Waals surface area contributed by atoms with Crippen molar-refractivity contribution in [3.05, 3.63) is 57.4 Å². The third-order valence-electron chi connectivity index (χ3n) is 5.11. The lowest BCUT2D eigenvalue weighted by atomic mass is 9.97. The maximum absolute atomic E-state index is 13.9. The Morgan fingerprint density at radius 1 is 1.24 bits per heavy atom. The number of hydrogen-bond donors (Lipinski definition) is 3. The number of aliphatic hydroxyl groups is 3. The predicted molar refractivity (Wildman–Crippen MR) is 120 cm³/mol. The molecule has 9 nitrogen and oxygen atoms in total. The Morgan fingerprint density at radius 3 is 2.59 bits per heavy atom. The smallest absolute Gasteiger partial charge is 0.154 e. The highest BCUT2D eigenvalue weighted by Crippen LogP contribution is 2.39. The standard InChI is InChI=1S/C20H15BrClF2N5O4S/c21-9-3-15(12(4-25)26-5-9)34-20-19(32)17(18(31)14(7-30)33-20)29-6-13(27-28-29)8-1-10(23)16(22)11(24)2-8/h1-3,5-6,14,17-20,30-32H,7H2/t14?,17-,18-,19?,20+/m0/s1. The van der Waals surface area contributed by atoms with Gasteiger partial charge in [0.1, 0.15) is 58.2 Å². The lowest BCUT2D eigenvalue weighted by Crippen LogP contribution is -2.55. The van der Waals surface area contributed by atoms with Crippen molar-refractivity contribution >= 4 is 39.3 Å². The van der Waals surface area contributed by atoms with Gasteiger partial charge in [-0.2, -0.15) is 5.26 Å². The van der Waals surface area contributed by atoms with Crippen molar-refractivity contribution in [2.75, 3.05) is 6.61 Å². The number of rotatable bonds is 5. The van der Waals surface area contributed by atoms with Crippen molar-refractivity contribution in [3.63, 3.8) is 0 Å². The number of benzene rings is 1. The van der Waals surface area contributed by atoms with E-state index in [0.717, 1.165) is 28.6 Å². The van der Waals surface area contributed by atoms with Gasteiger partial charge in [0, 0.05) is 21.1 Å². The Hall–Kier alpha value is -2.18. The van der Waals surface area contributed by atoms with Gasteiger partial charge in [-0.15, -0.1) is 5.10 Å². The van der Waals surface area contributed by atoms with Crippen molar-refractivity contribution in [2.45, 2.75) is 34.7 Å². The number of thioether (sulfide) groups is 1. The molecule has 14 heteroatoms. The molecule has 0 bridgehead atoms. The molecule has 1 aromatic carbocycles. The van der Waals surface area contributed by atoms with Gasteiger partial charge in [0.25, 0.3) is 0 Å². The summed E-state index contributed by atoms with van der Waals surface area (Å²) in [5.74, 6) is -1.96. The molecular weight excluding hydrogens is 560 g/mol. The topological polar surface area (TPSA) is 137 Å². The zero-order valence-corrected chi connectivity index (χ0v) is 20.0. The molecular formula is C20H15BrClF2N5O4S. The molecule has 2 unspecified atom stereocenters. The molecule has 3 aromatic rings. The van der Waals surface area contributed by atoms with E-state index in [9.17, 15) is 29.4 Å². The molecule has 1 aliphatic rings. The molecule has 1 saturated heterocycles. The molecule has 0 spiro atoms. The number of aliphatic hydroxyl groups excluding tert-OH is 3. The largest absolute Gasteiger partial charge is 0.394 e. The molecule has 34 heavy (non-hydrogen) atoms. The van der Waals surface area contributed by atoms with E-state index >= 15 is 0 Å². The Bertz CT molecular complexity index is 1240. The van der Waals surface area contributed by atoms with Gasteiger partial charge < -0.3 is 20.1 Å². The summed E-state index contributed by atoms with van der Waals surface area (Å²) in [5, 5.41) is 48.0. The van der Waals surface area contributed by atoms with Gasteiger partial charge in [-0.25, -0.2) is 18.4 Å². The highest BCUT2D eigenvalue weighted by molar-refractivity contribution is 9.10. The lowest BCUT2D eigenvalue weighted by molar-refractivity contribution is -0.178. The van der Waals surface area contributed by atoms with E-state index in [1.807, 2.05) is 6.07 Å². The second kappa shape index (κ2) is 10.2. The van der Waals surface area contributed by atoms with Crippen LogP contribution in [0.2, 0.25) is 5.02 Å². The average Bonchev–Trinajstić information content (AvgIpc) is 3.29. The first kappa shape index (κ1) is 24.9. The van der Waals surface area contributed by atoms with E-state index in [-0.39, 0.29) is 17.0 Å². The van der Waals surface area contributed by atoms with Crippen LogP contribution in [0.3, 0.4) is 0 Å². The highest BCUT2D eigenvalue weighted by Gasteiger charge is 2.46. The molecule has 3 heterocycles. The minimum Gasteiger partial charge on any atom is -0.394 e. The molecule has 1 fully saturated rings. The average molecular weight is 575 g/mol. The van der Waals surface area contributed by atoms with Crippen molar-refractivity contribution < 1.29 is 28.8 Å². The molecule has 0 aliphatic carbocycles. The lowest BCUT2D eigenvalue weighted by Gasteiger charge is -2.41. The third-order valence-corrected chi connectivity index (χ3v) is 7.09. The minimum absolute atomic E-state index is 0.0465. The summed E-state index contributed by atoms with van der Waals surface area (Å²) in [6.07, 6.45) is -1.15. The monoisotopic (exact) mass is 573 g/mol. The third kappa shape index (κ3) is 4.80. The molecule has 4 rings (SSSR count). The first-order valence-electron chi connectivity index (χ1n) is 9.65. The van der Waals surface area contributed by atoms with E-state index in [2.05, 4.69) is 31.2 Å². The summed E-state index contributed by atoms with van der Waals surface area (Å²) in [7, 11) is 0. The van der Waals surface area contributed by atoms with Crippen LogP contribution in [0.1, 0.15) is 11.7 Å². The second-order valence-electron chi connectivity index (χ2n) is 7.26. The van der Waals surface area contributed by atoms with Gasteiger partial charge in [0.2, 0.25) is 0 Å². The van der Waals surface area contributed by atoms with Crippen LogP contribution < -0.4 is 0 Å². The summed E-state index contributed by atoms with van der Waals surface area (Å²) >= 11 is 9.78. The molecule has 5 atom stereocenters. The first-order chi connectivity index (χ1) is 16.2. The molecule has 3 N–H and O–H groups in total. The van der Waals surface area contributed by atoms with Crippen LogP contribution in [0.4, 0.5) is 8.78 Å². The fourth-order valence-corrected chi connectivity index (χ4v) is 5.20. The van der Waals surface area contributed by atoms with Crippen LogP contribution in [0.15, 0.2) is 40.0 Å². The van der Waals surface area contributed by atoms with Crippen molar-refractivity contribution in [1.29, 1.82) is 5.26 Å². The highest BCUT2D eigenvalue weighted by atomic mass is 79.9.